The minimum Gasteiger partial charge on any atom is -0.465 e. The van der Waals surface area contributed by atoms with Crippen molar-refractivity contribution in [1.82, 2.24) is 0 Å². The molecular formula is C19H19NO6. The van der Waals surface area contributed by atoms with E-state index in [2.05, 4.69) is 10.1 Å². The fraction of sp³-hybridized carbons (Fsp3) is 0.211. The lowest BCUT2D eigenvalue weighted by Crippen LogP contribution is -2.24. The Morgan fingerprint density at radius 1 is 1.12 bits per heavy atom. The van der Waals surface area contributed by atoms with Gasteiger partial charge in [-0.15, -0.1) is 0 Å². The third-order valence-corrected chi connectivity index (χ3v) is 3.62. The Morgan fingerprint density at radius 2 is 1.81 bits per heavy atom. The summed E-state index contributed by atoms with van der Waals surface area (Å²) in [6.07, 6.45) is -1.46. The number of ether oxygens (including phenoxy) is 2. The largest absolute Gasteiger partial charge is 0.465 e. The maximum atomic E-state index is 12.0. The molecule has 0 aromatic heterocycles. The molecule has 0 saturated carbocycles. The lowest BCUT2D eigenvalue weighted by Gasteiger charge is -2.12. The van der Waals surface area contributed by atoms with E-state index >= 15 is 0 Å². The molecule has 2 aromatic rings. The molecule has 2 rings (SSSR count). The molecular weight excluding hydrogens is 338 g/mol. The zero-order valence-corrected chi connectivity index (χ0v) is 14.4. The molecule has 0 radical (unpaired) electrons. The lowest BCUT2D eigenvalue weighted by molar-refractivity contribution is -0.156. The molecule has 0 aliphatic rings. The first kappa shape index (κ1) is 19.1. The monoisotopic (exact) mass is 357 g/mol. The van der Waals surface area contributed by atoms with Crippen LogP contribution in [0.15, 0.2) is 48.5 Å². The highest BCUT2D eigenvalue weighted by Crippen LogP contribution is 2.18. The van der Waals surface area contributed by atoms with Gasteiger partial charge in [0.05, 0.1) is 12.7 Å². The van der Waals surface area contributed by atoms with Gasteiger partial charge in [-0.2, -0.15) is 0 Å². The Bertz CT molecular complexity index is 803. The van der Waals surface area contributed by atoms with Crippen molar-refractivity contribution in [3.63, 3.8) is 0 Å². The van der Waals surface area contributed by atoms with Crippen molar-refractivity contribution in [3.8, 4) is 0 Å². The molecule has 136 valence electrons. The third kappa shape index (κ3) is 4.90. The Kier molecular flexibility index (Phi) is 6.46. The summed E-state index contributed by atoms with van der Waals surface area (Å²) in [6, 6.07) is 13.0. The van der Waals surface area contributed by atoms with Gasteiger partial charge in [0.25, 0.3) is 5.91 Å². The quantitative estimate of drug-likeness (QED) is 0.767. The fourth-order valence-electron chi connectivity index (χ4n) is 2.17. The first-order valence-corrected chi connectivity index (χ1v) is 7.81. The van der Waals surface area contributed by atoms with Crippen LogP contribution in [-0.4, -0.2) is 36.7 Å². The van der Waals surface area contributed by atoms with Gasteiger partial charge < -0.3 is 19.9 Å². The Balaban J connectivity index is 1.95. The van der Waals surface area contributed by atoms with Gasteiger partial charge in [-0.1, -0.05) is 36.4 Å². The van der Waals surface area contributed by atoms with Crippen LogP contribution in [0.1, 0.15) is 27.6 Å². The predicted molar refractivity (Wildman–Crippen MR) is 93.5 cm³/mol. The van der Waals surface area contributed by atoms with Gasteiger partial charge in [0.15, 0.2) is 12.7 Å². The molecule has 0 spiro atoms. The summed E-state index contributed by atoms with van der Waals surface area (Å²) in [6.45, 7) is 1.19. The number of aryl methyl sites for hydroxylation is 1. The molecule has 0 bridgehead atoms. The van der Waals surface area contributed by atoms with E-state index in [1.165, 1.54) is 13.2 Å². The molecule has 0 fully saturated rings. The van der Waals surface area contributed by atoms with E-state index < -0.39 is 30.6 Å². The van der Waals surface area contributed by atoms with Crippen LogP contribution in [0.2, 0.25) is 0 Å². The maximum Gasteiger partial charge on any atom is 0.340 e. The molecule has 7 nitrogen and oxygen atoms in total. The zero-order chi connectivity index (χ0) is 19.1. The molecule has 0 unspecified atom stereocenters. The number of carbonyl (C=O) groups is 3. The Labute approximate surface area is 150 Å². The SMILES string of the molecule is COC(=O)c1ccc(C)c(NC(=O)COC(=O)[C@@H](O)c2ccccc2)c1. The summed E-state index contributed by atoms with van der Waals surface area (Å²) in [4.78, 5) is 35.4. The Hall–Kier alpha value is -3.19. The van der Waals surface area contributed by atoms with Gasteiger partial charge in [0, 0.05) is 5.69 Å². The topological polar surface area (TPSA) is 102 Å². The second-order valence-corrected chi connectivity index (χ2v) is 5.49. The summed E-state index contributed by atoms with van der Waals surface area (Å²) in [5.41, 5.74) is 1.78. The van der Waals surface area contributed by atoms with E-state index in [9.17, 15) is 19.5 Å². The van der Waals surface area contributed by atoms with E-state index in [4.69, 9.17) is 4.74 Å². The number of carbonyl (C=O) groups excluding carboxylic acids is 3. The normalized spacial score (nSPS) is 11.3. The van der Waals surface area contributed by atoms with Crippen LogP contribution in [0.25, 0.3) is 0 Å². The van der Waals surface area contributed by atoms with Gasteiger partial charge in [-0.25, -0.2) is 9.59 Å². The minimum atomic E-state index is -1.46. The highest BCUT2D eigenvalue weighted by atomic mass is 16.5. The number of anilines is 1. The Morgan fingerprint density at radius 3 is 2.46 bits per heavy atom. The number of hydrogen-bond donors (Lipinski definition) is 2. The fourth-order valence-corrected chi connectivity index (χ4v) is 2.17. The maximum absolute atomic E-state index is 12.0. The molecule has 0 aliphatic carbocycles. The summed E-state index contributed by atoms with van der Waals surface area (Å²) in [5, 5.41) is 12.5. The summed E-state index contributed by atoms with van der Waals surface area (Å²) in [7, 11) is 1.26. The molecule has 1 amide bonds. The standard InChI is InChI=1S/C19H19NO6/c1-12-8-9-14(18(23)25-2)10-15(12)20-16(21)11-26-19(24)17(22)13-6-4-3-5-7-13/h3-10,17,22H,11H2,1-2H3,(H,20,21)/t17-/m0/s1. The van der Waals surface area contributed by atoms with Crippen molar-refractivity contribution in [1.29, 1.82) is 0 Å². The van der Waals surface area contributed by atoms with Gasteiger partial charge in [-0.3, -0.25) is 4.79 Å². The second kappa shape index (κ2) is 8.77. The van der Waals surface area contributed by atoms with Gasteiger partial charge in [0.1, 0.15) is 0 Å². The number of esters is 2. The summed E-state index contributed by atoms with van der Waals surface area (Å²) < 4.78 is 9.47. The number of benzene rings is 2. The molecule has 0 heterocycles. The molecule has 1 atom stereocenters. The predicted octanol–water partition coefficient (Wildman–Crippen LogP) is 2.00. The van der Waals surface area contributed by atoms with Crippen LogP contribution in [0.4, 0.5) is 5.69 Å². The number of nitrogens with one attached hydrogen (secondary N) is 1. The van der Waals surface area contributed by atoms with E-state index in [1.807, 2.05) is 0 Å². The molecule has 0 aliphatic heterocycles. The summed E-state index contributed by atoms with van der Waals surface area (Å²) in [5.74, 6) is -2.05. The molecule has 7 heteroatoms. The van der Waals surface area contributed by atoms with Crippen molar-refractivity contribution in [2.75, 3.05) is 19.0 Å². The van der Waals surface area contributed by atoms with E-state index in [0.29, 0.717) is 11.3 Å². The number of aliphatic hydroxyl groups excluding tert-OH is 1. The minimum absolute atomic E-state index is 0.282. The smallest absolute Gasteiger partial charge is 0.340 e. The number of hydrogen-bond acceptors (Lipinski definition) is 6. The molecule has 2 aromatic carbocycles. The average Bonchev–Trinajstić information content (AvgIpc) is 2.67. The van der Waals surface area contributed by atoms with Crippen molar-refractivity contribution in [2.45, 2.75) is 13.0 Å². The lowest BCUT2D eigenvalue weighted by atomic mass is 10.1. The highest BCUT2D eigenvalue weighted by Gasteiger charge is 2.20. The molecule has 0 saturated heterocycles. The van der Waals surface area contributed by atoms with Crippen LogP contribution >= 0.6 is 0 Å². The third-order valence-electron chi connectivity index (χ3n) is 3.62. The number of methoxy groups -OCH3 is 1. The second-order valence-electron chi connectivity index (χ2n) is 5.49. The van der Waals surface area contributed by atoms with Crippen molar-refractivity contribution < 1.29 is 29.0 Å². The number of aliphatic hydroxyl groups is 1. The average molecular weight is 357 g/mol. The van der Waals surface area contributed by atoms with Gasteiger partial charge in [-0.05, 0) is 30.2 Å². The van der Waals surface area contributed by atoms with Crippen LogP contribution < -0.4 is 5.32 Å². The number of rotatable bonds is 6. The molecule has 2 N–H and O–H groups in total. The zero-order valence-electron chi connectivity index (χ0n) is 14.4. The van der Waals surface area contributed by atoms with E-state index in [0.717, 1.165) is 5.56 Å². The number of amides is 1. The van der Waals surface area contributed by atoms with Crippen LogP contribution in [0, 0.1) is 6.92 Å². The van der Waals surface area contributed by atoms with Crippen molar-refractivity contribution in [3.05, 3.63) is 65.2 Å². The van der Waals surface area contributed by atoms with E-state index in [1.54, 1.807) is 49.4 Å². The van der Waals surface area contributed by atoms with Crippen LogP contribution in [-0.2, 0) is 19.1 Å². The van der Waals surface area contributed by atoms with Crippen LogP contribution in [0.3, 0.4) is 0 Å². The highest BCUT2D eigenvalue weighted by molar-refractivity contribution is 5.96. The van der Waals surface area contributed by atoms with Crippen molar-refractivity contribution in [2.24, 2.45) is 0 Å². The first-order chi connectivity index (χ1) is 12.4. The summed E-state index contributed by atoms with van der Waals surface area (Å²) >= 11 is 0. The van der Waals surface area contributed by atoms with Gasteiger partial charge >= 0.3 is 11.9 Å². The van der Waals surface area contributed by atoms with Crippen LogP contribution in [0.5, 0.6) is 0 Å². The van der Waals surface area contributed by atoms with E-state index in [-0.39, 0.29) is 5.56 Å². The van der Waals surface area contributed by atoms with Gasteiger partial charge in [0.2, 0.25) is 0 Å². The first-order valence-electron chi connectivity index (χ1n) is 7.81. The molecule has 26 heavy (non-hydrogen) atoms. The van der Waals surface area contributed by atoms with Crippen molar-refractivity contribution >= 4 is 23.5 Å².